The van der Waals surface area contributed by atoms with Crippen molar-refractivity contribution in [2.45, 2.75) is 18.8 Å². The number of rotatable bonds is 3. The highest BCUT2D eigenvalue weighted by molar-refractivity contribution is 7.14. The molecule has 20 heavy (non-hydrogen) atoms. The van der Waals surface area contributed by atoms with E-state index in [1.165, 1.54) is 24.2 Å². The molecule has 4 rings (SSSR count). The first-order chi connectivity index (χ1) is 9.79. The van der Waals surface area contributed by atoms with E-state index in [-0.39, 0.29) is 5.91 Å². The average Bonchev–Trinajstić information content (AvgIpc) is 3.02. The Labute approximate surface area is 119 Å². The number of nitrogens with zero attached hydrogens (tertiary/aromatic N) is 2. The predicted octanol–water partition coefficient (Wildman–Crippen LogP) is 3.15. The number of fused-ring (bicyclic) bond motifs is 1. The lowest BCUT2D eigenvalue weighted by molar-refractivity contribution is 0.102. The summed E-state index contributed by atoms with van der Waals surface area (Å²) in [7, 11) is 0. The average molecular weight is 284 g/mol. The maximum absolute atomic E-state index is 12.2. The number of thiazole rings is 1. The van der Waals surface area contributed by atoms with Gasteiger partial charge in [-0.05, 0) is 25.0 Å². The second kappa shape index (κ2) is 4.42. The van der Waals surface area contributed by atoms with Crippen LogP contribution in [0.15, 0.2) is 29.8 Å². The van der Waals surface area contributed by atoms with E-state index in [4.69, 9.17) is 0 Å². The van der Waals surface area contributed by atoms with Gasteiger partial charge < -0.3 is 0 Å². The van der Waals surface area contributed by atoms with Crippen molar-refractivity contribution in [2.75, 3.05) is 5.32 Å². The van der Waals surface area contributed by atoms with Crippen LogP contribution in [0.5, 0.6) is 0 Å². The Morgan fingerprint density at radius 3 is 3.15 bits per heavy atom. The topological polar surface area (TPSA) is 70.7 Å². The number of hydrogen-bond acceptors (Lipinski definition) is 4. The van der Waals surface area contributed by atoms with Crippen LogP contribution in [-0.4, -0.2) is 21.1 Å². The summed E-state index contributed by atoms with van der Waals surface area (Å²) in [5.74, 6) is 0.469. The van der Waals surface area contributed by atoms with Gasteiger partial charge in [-0.25, -0.2) is 4.98 Å². The van der Waals surface area contributed by atoms with Crippen molar-refractivity contribution in [1.82, 2.24) is 15.2 Å². The van der Waals surface area contributed by atoms with Gasteiger partial charge in [0.2, 0.25) is 0 Å². The predicted molar refractivity (Wildman–Crippen MR) is 78.1 cm³/mol. The number of benzene rings is 1. The van der Waals surface area contributed by atoms with Crippen LogP contribution in [0.2, 0.25) is 0 Å². The molecule has 1 aliphatic rings. The Balaban J connectivity index is 1.55. The molecule has 100 valence electrons. The molecular formula is C14H12N4OS. The third-order valence-corrected chi connectivity index (χ3v) is 4.22. The van der Waals surface area contributed by atoms with E-state index in [0.29, 0.717) is 16.6 Å². The Hall–Kier alpha value is -2.21. The number of nitrogens with one attached hydrogen (secondary N) is 2. The summed E-state index contributed by atoms with van der Waals surface area (Å²) in [5.41, 5.74) is 2.56. The maximum Gasteiger partial charge on any atom is 0.257 e. The zero-order valence-corrected chi connectivity index (χ0v) is 11.4. The minimum absolute atomic E-state index is 0.141. The number of aromatic nitrogens is 3. The second-order valence-electron chi connectivity index (χ2n) is 4.98. The van der Waals surface area contributed by atoms with Gasteiger partial charge in [-0.15, -0.1) is 11.3 Å². The summed E-state index contributed by atoms with van der Waals surface area (Å²) in [5, 5.41) is 13.4. The molecule has 2 heterocycles. The second-order valence-corrected chi connectivity index (χ2v) is 5.84. The molecule has 1 saturated carbocycles. The van der Waals surface area contributed by atoms with Crippen molar-refractivity contribution in [3.63, 3.8) is 0 Å². The number of hydrogen-bond donors (Lipinski definition) is 2. The fraction of sp³-hybridized carbons (Fsp3) is 0.214. The summed E-state index contributed by atoms with van der Waals surface area (Å²) in [4.78, 5) is 16.7. The molecular weight excluding hydrogens is 272 g/mol. The summed E-state index contributed by atoms with van der Waals surface area (Å²) >= 11 is 1.48. The first-order valence-corrected chi connectivity index (χ1v) is 7.37. The fourth-order valence-corrected chi connectivity index (χ4v) is 2.95. The Bertz CT molecular complexity index is 787. The molecule has 1 amide bonds. The number of H-pyrrole nitrogens is 1. The van der Waals surface area contributed by atoms with Crippen LogP contribution in [0.4, 0.5) is 5.13 Å². The zero-order valence-electron chi connectivity index (χ0n) is 10.6. The lowest BCUT2D eigenvalue weighted by Gasteiger charge is -2.01. The first-order valence-electron chi connectivity index (χ1n) is 6.49. The Morgan fingerprint density at radius 1 is 1.40 bits per heavy atom. The quantitative estimate of drug-likeness (QED) is 0.776. The van der Waals surface area contributed by atoms with Crippen LogP contribution in [0.25, 0.3) is 10.9 Å². The number of aromatic amines is 1. The molecule has 0 atom stereocenters. The van der Waals surface area contributed by atoms with E-state index < -0.39 is 0 Å². The Morgan fingerprint density at radius 2 is 2.30 bits per heavy atom. The molecule has 3 aromatic rings. The van der Waals surface area contributed by atoms with Crippen molar-refractivity contribution in [3.8, 4) is 0 Å². The number of amides is 1. The Kier molecular flexibility index (Phi) is 2.56. The van der Waals surface area contributed by atoms with Gasteiger partial charge >= 0.3 is 0 Å². The number of carbonyl (C=O) groups is 1. The summed E-state index contributed by atoms with van der Waals surface area (Å²) in [6, 6.07) is 5.47. The number of anilines is 1. The van der Waals surface area contributed by atoms with E-state index in [1.54, 1.807) is 18.3 Å². The normalized spacial score (nSPS) is 14.6. The monoisotopic (exact) mass is 284 g/mol. The maximum atomic E-state index is 12.2. The van der Waals surface area contributed by atoms with Gasteiger partial charge in [0.15, 0.2) is 5.13 Å². The van der Waals surface area contributed by atoms with E-state index in [0.717, 1.165) is 16.6 Å². The van der Waals surface area contributed by atoms with Crippen LogP contribution in [0, 0.1) is 0 Å². The molecule has 5 nitrogen and oxygen atoms in total. The van der Waals surface area contributed by atoms with E-state index >= 15 is 0 Å². The van der Waals surface area contributed by atoms with Gasteiger partial charge in [-0.3, -0.25) is 15.2 Å². The third kappa shape index (κ3) is 2.08. The summed E-state index contributed by atoms with van der Waals surface area (Å²) in [6.45, 7) is 0. The van der Waals surface area contributed by atoms with Crippen LogP contribution < -0.4 is 5.32 Å². The molecule has 6 heteroatoms. The molecule has 0 radical (unpaired) electrons. The zero-order chi connectivity index (χ0) is 13.5. The minimum atomic E-state index is -0.141. The van der Waals surface area contributed by atoms with Crippen molar-refractivity contribution in [3.05, 3.63) is 41.0 Å². The molecule has 0 bridgehead atoms. The van der Waals surface area contributed by atoms with Gasteiger partial charge in [0.05, 0.1) is 17.4 Å². The van der Waals surface area contributed by atoms with Crippen molar-refractivity contribution < 1.29 is 4.79 Å². The van der Waals surface area contributed by atoms with Crippen molar-refractivity contribution >= 4 is 33.3 Å². The molecule has 0 saturated heterocycles. The van der Waals surface area contributed by atoms with Gasteiger partial charge in [-0.1, -0.05) is 6.07 Å². The molecule has 0 spiro atoms. The van der Waals surface area contributed by atoms with Crippen LogP contribution in [-0.2, 0) is 0 Å². The highest BCUT2D eigenvalue weighted by Gasteiger charge is 2.26. The first kappa shape index (κ1) is 11.6. The van der Waals surface area contributed by atoms with Crippen molar-refractivity contribution in [1.29, 1.82) is 0 Å². The molecule has 0 unspecified atom stereocenters. The SMILES string of the molecule is O=C(Nc1nc(C2CC2)cs1)c1ccc2cn[nH]c2c1. The molecule has 1 aromatic carbocycles. The largest absolute Gasteiger partial charge is 0.298 e. The van der Waals surface area contributed by atoms with Crippen LogP contribution in [0.3, 0.4) is 0 Å². The summed E-state index contributed by atoms with van der Waals surface area (Å²) in [6.07, 6.45) is 4.17. The fourth-order valence-electron chi connectivity index (χ4n) is 2.16. The van der Waals surface area contributed by atoms with E-state index in [2.05, 4.69) is 20.5 Å². The molecule has 2 N–H and O–H groups in total. The van der Waals surface area contributed by atoms with Gasteiger partial charge in [-0.2, -0.15) is 5.10 Å². The minimum Gasteiger partial charge on any atom is -0.298 e. The van der Waals surface area contributed by atoms with Gasteiger partial charge in [0, 0.05) is 22.2 Å². The smallest absolute Gasteiger partial charge is 0.257 e. The highest BCUT2D eigenvalue weighted by Crippen LogP contribution is 2.40. The van der Waals surface area contributed by atoms with E-state index in [1.807, 2.05) is 11.4 Å². The lowest BCUT2D eigenvalue weighted by Crippen LogP contribution is -2.11. The highest BCUT2D eigenvalue weighted by atomic mass is 32.1. The van der Waals surface area contributed by atoms with Crippen LogP contribution >= 0.6 is 11.3 Å². The molecule has 2 aromatic heterocycles. The number of carbonyl (C=O) groups excluding carboxylic acids is 1. The van der Waals surface area contributed by atoms with Crippen molar-refractivity contribution in [2.24, 2.45) is 0 Å². The van der Waals surface area contributed by atoms with E-state index in [9.17, 15) is 4.79 Å². The molecule has 1 aliphatic carbocycles. The van der Waals surface area contributed by atoms with Crippen LogP contribution in [0.1, 0.15) is 34.8 Å². The van der Waals surface area contributed by atoms with Gasteiger partial charge in [0.1, 0.15) is 0 Å². The molecule has 0 aliphatic heterocycles. The molecule has 1 fully saturated rings. The summed E-state index contributed by atoms with van der Waals surface area (Å²) < 4.78 is 0. The lowest BCUT2D eigenvalue weighted by atomic mass is 10.1. The van der Waals surface area contributed by atoms with Gasteiger partial charge in [0.25, 0.3) is 5.91 Å². The third-order valence-electron chi connectivity index (χ3n) is 3.44. The standard InChI is InChI=1S/C14H12N4OS/c19-13(9-3-4-10-6-15-18-11(10)5-9)17-14-16-12(7-20-14)8-1-2-8/h3-8H,1-2H2,(H,15,18)(H,16,17,19).